The van der Waals surface area contributed by atoms with E-state index < -0.39 is 0 Å². The number of nitrogens with one attached hydrogen (secondary N) is 1. The highest BCUT2D eigenvalue weighted by atomic mass is 35.5. The first-order valence-electron chi connectivity index (χ1n) is 5.53. The quantitative estimate of drug-likeness (QED) is 0.531. The molecular formula is C12H19ClN2O. The smallest absolute Gasteiger partial charge is 0.0588 e. The lowest BCUT2D eigenvalue weighted by Crippen LogP contribution is -2.07. The summed E-state index contributed by atoms with van der Waals surface area (Å²) in [6.45, 7) is 3.13. The van der Waals surface area contributed by atoms with Crippen molar-refractivity contribution in [2.24, 2.45) is 5.92 Å². The van der Waals surface area contributed by atoms with Crippen molar-refractivity contribution in [2.45, 2.75) is 19.8 Å². The van der Waals surface area contributed by atoms with Gasteiger partial charge in [0.15, 0.2) is 0 Å². The molecule has 1 rings (SSSR count). The van der Waals surface area contributed by atoms with Crippen molar-refractivity contribution >= 4 is 23.0 Å². The maximum absolute atomic E-state index is 8.87. The van der Waals surface area contributed by atoms with Gasteiger partial charge in [0.2, 0.25) is 0 Å². The molecule has 0 saturated carbocycles. The predicted octanol–water partition coefficient (Wildman–Crippen LogP) is 2.74. The number of hydrogen-bond donors (Lipinski definition) is 3. The van der Waals surface area contributed by atoms with E-state index in [0.717, 1.165) is 25.1 Å². The van der Waals surface area contributed by atoms with Crippen LogP contribution in [0.5, 0.6) is 0 Å². The van der Waals surface area contributed by atoms with Gasteiger partial charge in [-0.25, -0.2) is 0 Å². The van der Waals surface area contributed by atoms with Crippen LogP contribution >= 0.6 is 11.6 Å². The van der Waals surface area contributed by atoms with E-state index in [1.54, 1.807) is 12.1 Å². The Kier molecular flexibility index (Phi) is 5.43. The van der Waals surface area contributed by atoms with E-state index in [1.807, 2.05) is 13.0 Å². The van der Waals surface area contributed by atoms with Gasteiger partial charge in [0.25, 0.3) is 0 Å². The molecule has 90 valence electrons. The summed E-state index contributed by atoms with van der Waals surface area (Å²) in [5.74, 6) is 0.360. The Labute approximate surface area is 102 Å². The monoisotopic (exact) mass is 242 g/mol. The number of hydrogen-bond acceptors (Lipinski definition) is 3. The van der Waals surface area contributed by atoms with Crippen LogP contribution in [-0.2, 0) is 0 Å². The van der Waals surface area contributed by atoms with Gasteiger partial charge in [-0.3, -0.25) is 0 Å². The Morgan fingerprint density at radius 2 is 2.25 bits per heavy atom. The molecule has 3 nitrogen and oxygen atoms in total. The summed E-state index contributed by atoms with van der Waals surface area (Å²) in [6, 6.07) is 5.39. The highest BCUT2D eigenvalue weighted by Gasteiger charge is 2.01. The fourth-order valence-electron chi connectivity index (χ4n) is 1.45. The van der Waals surface area contributed by atoms with Gasteiger partial charge in [-0.15, -0.1) is 0 Å². The fourth-order valence-corrected chi connectivity index (χ4v) is 1.62. The summed E-state index contributed by atoms with van der Waals surface area (Å²) in [4.78, 5) is 0. The maximum Gasteiger partial charge on any atom is 0.0588 e. The number of aliphatic hydroxyl groups is 1. The minimum Gasteiger partial charge on any atom is -0.397 e. The van der Waals surface area contributed by atoms with Crippen molar-refractivity contribution in [3.63, 3.8) is 0 Å². The Bertz CT molecular complexity index is 331. The highest BCUT2D eigenvalue weighted by molar-refractivity contribution is 6.31. The van der Waals surface area contributed by atoms with Crippen LogP contribution in [0.2, 0.25) is 5.02 Å². The summed E-state index contributed by atoms with van der Waals surface area (Å²) in [5, 5.41) is 12.8. The summed E-state index contributed by atoms with van der Waals surface area (Å²) in [7, 11) is 0. The summed E-state index contributed by atoms with van der Waals surface area (Å²) in [5.41, 5.74) is 7.38. The Balaban J connectivity index is 2.34. The van der Waals surface area contributed by atoms with Crippen molar-refractivity contribution in [1.29, 1.82) is 0 Å². The lowest BCUT2D eigenvalue weighted by molar-refractivity contribution is 0.229. The second-order valence-corrected chi connectivity index (χ2v) is 4.52. The number of anilines is 2. The number of rotatable bonds is 6. The molecule has 0 aliphatic carbocycles. The molecule has 1 atom stereocenters. The molecule has 1 unspecified atom stereocenters. The lowest BCUT2D eigenvalue weighted by atomic mass is 10.1. The second kappa shape index (κ2) is 6.61. The highest BCUT2D eigenvalue weighted by Crippen LogP contribution is 2.22. The number of aliphatic hydroxyl groups excluding tert-OH is 1. The zero-order valence-corrected chi connectivity index (χ0v) is 10.3. The summed E-state index contributed by atoms with van der Waals surface area (Å²) >= 11 is 5.87. The molecule has 4 N–H and O–H groups in total. The van der Waals surface area contributed by atoms with Crippen LogP contribution in [0.25, 0.3) is 0 Å². The molecule has 16 heavy (non-hydrogen) atoms. The molecule has 4 heteroatoms. The Morgan fingerprint density at radius 3 is 2.94 bits per heavy atom. The van der Waals surface area contributed by atoms with Crippen molar-refractivity contribution in [3.05, 3.63) is 23.2 Å². The molecule has 0 saturated heterocycles. The fraction of sp³-hybridized carbons (Fsp3) is 0.500. The molecule has 1 aromatic rings. The molecule has 1 aromatic carbocycles. The molecule has 0 radical (unpaired) electrons. The van der Waals surface area contributed by atoms with Crippen LogP contribution in [0, 0.1) is 5.92 Å². The van der Waals surface area contributed by atoms with Gasteiger partial charge in [-0.1, -0.05) is 18.5 Å². The average molecular weight is 243 g/mol. The molecule has 0 bridgehead atoms. The zero-order valence-electron chi connectivity index (χ0n) is 9.54. The van der Waals surface area contributed by atoms with Gasteiger partial charge in [-0.2, -0.15) is 0 Å². The van der Waals surface area contributed by atoms with Crippen molar-refractivity contribution in [2.75, 3.05) is 24.2 Å². The van der Waals surface area contributed by atoms with E-state index in [9.17, 15) is 0 Å². The van der Waals surface area contributed by atoms with E-state index >= 15 is 0 Å². The molecule has 0 aliphatic heterocycles. The molecule has 0 fully saturated rings. The van der Waals surface area contributed by atoms with E-state index in [4.69, 9.17) is 22.4 Å². The Morgan fingerprint density at radius 1 is 1.50 bits per heavy atom. The number of nitrogens with two attached hydrogens (primary N) is 1. The van der Waals surface area contributed by atoms with Crippen LogP contribution in [-0.4, -0.2) is 18.3 Å². The van der Waals surface area contributed by atoms with Crippen molar-refractivity contribution in [1.82, 2.24) is 0 Å². The van der Waals surface area contributed by atoms with Crippen LogP contribution in [0.15, 0.2) is 18.2 Å². The van der Waals surface area contributed by atoms with Crippen LogP contribution in [0.3, 0.4) is 0 Å². The molecule has 0 aliphatic rings. The van der Waals surface area contributed by atoms with Gasteiger partial charge in [0.1, 0.15) is 0 Å². The minimum atomic E-state index is 0.249. The largest absolute Gasteiger partial charge is 0.397 e. The zero-order chi connectivity index (χ0) is 12.0. The number of halogens is 1. The molecular weight excluding hydrogens is 224 g/mol. The number of nitrogen functional groups attached to an aromatic ring is 1. The summed E-state index contributed by atoms with van der Waals surface area (Å²) in [6.07, 6.45) is 2.01. The molecule has 0 aromatic heterocycles. The van der Waals surface area contributed by atoms with Crippen LogP contribution in [0.1, 0.15) is 19.8 Å². The van der Waals surface area contributed by atoms with E-state index in [2.05, 4.69) is 5.32 Å². The number of benzene rings is 1. The minimum absolute atomic E-state index is 0.249. The first-order chi connectivity index (χ1) is 7.63. The molecule has 0 spiro atoms. The van der Waals surface area contributed by atoms with Crippen molar-refractivity contribution < 1.29 is 5.11 Å². The van der Waals surface area contributed by atoms with E-state index in [-0.39, 0.29) is 6.61 Å². The van der Waals surface area contributed by atoms with Crippen molar-refractivity contribution in [3.8, 4) is 0 Å². The van der Waals surface area contributed by atoms with Gasteiger partial charge in [0, 0.05) is 18.2 Å². The normalized spacial score (nSPS) is 12.4. The SMILES string of the molecule is CC(CO)CCCNc1cc(Cl)ccc1N. The third-order valence-corrected chi connectivity index (χ3v) is 2.75. The first kappa shape index (κ1) is 13.1. The summed E-state index contributed by atoms with van der Waals surface area (Å²) < 4.78 is 0. The average Bonchev–Trinajstić information content (AvgIpc) is 2.28. The topological polar surface area (TPSA) is 58.3 Å². The third kappa shape index (κ3) is 4.29. The van der Waals surface area contributed by atoms with Gasteiger partial charge < -0.3 is 16.2 Å². The van der Waals surface area contributed by atoms with E-state index in [0.29, 0.717) is 16.6 Å². The van der Waals surface area contributed by atoms with E-state index in [1.165, 1.54) is 0 Å². The van der Waals surface area contributed by atoms with Crippen LogP contribution in [0.4, 0.5) is 11.4 Å². The predicted molar refractivity (Wildman–Crippen MR) is 69.8 cm³/mol. The second-order valence-electron chi connectivity index (χ2n) is 4.09. The van der Waals surface area contributed by atoms with Gasteiger partial charge >= 0.3 is 0 Å². The van der Waals surface area contributed by atoms with Crippen LogP contribution < -0.4 is 11.1 Å². The first-order valence-corrected chi connectivity index (χ1v) is 5.91. The van der Waals surface area contributed by atoms with Gasteiger partial charge in [-0.05, 0) is 37.0 Å². The van der Waals surface area contributed by atoms with Gasteiger partial charge in [0.05, 0.1) is 11.4 Å². The third-order valence-electron chi connectivity index (χ3n) is 2.52. The standard InChI is InChI=1S/C12H19ClN2O/c1-9(8-16)3-2-6-15-12-7-10(13)4-5-11(12)14/h4-5,7,9,15-16H,2-3,6,8,14H2,1H3. The molecule has 0 heterocycles. The lowest BCUT2D eigenvalue weighted by Gasteiger charge is -2.11. The maximum atomic E-state index is 8.87. The molecule has 0 amide bonds. The Hall–Kier alpha value is -0.930.